The highest BCUT2D eigenvalue weighted by molar-refractivity contribution is 7.89. The van der Waals surface area contributed by atoms with Gasteiger partial charge in [-0.05, 0) is 37.9 Å². The van der Waals surface area contributed by atoms with Crippen molar-refractivity contribution in [1.82, 2.24) is 9.21 Å². The van der Waals surface area contributed by atoms with E-state index in [4.69, 9.17) is 0 Å². The van der Waals surface area contributed by atoms with Crippen LogP contribution in [0.2, 0.25) is 0 Å². The van der Waals surface area contributed by atoms with E-state index in [1.165, 1.54) is 6.42 Å². The Morgan fingerprint density at radius 1 is 0.960 bits per heavy atom. The van der Waals surface area contributed by atoms with Crippen molar-refractivity contribution in [2.75, 3.05) is 19.6 Å². The largest absolute Gasteiger partial charge is 0.297 e. The molecular weight excluding hydrogens is 332 g/mol. The second-order valence-electron chi connectivity index (χ2n) is 7.08. The van der Waals surface area contributed by atoms with E-state index in [1.807, 2.05) is 55.5 Å². The monoisotopic (exact) mass is 356 g/mol. The molecule has 0 N–H and O–H groups in total. The van der Waals surface area contributed by atoms with E-state index in [2.05, 4.69) is 4.90 Å². The quantitative estimate of drug-likeness (QED) is 0.848. The van der Waals surface area contributed by atoms with Gasteiger partial charge in [0.15, 0.2) is 0 Å². The van der Waals surface area contributed by atoms with Crippen molar-refractivity contribution in [2.45, 2.75) is 36.7 Å². The fourth-order valence-electron chi connectivity index (χ4n) is 4.17. The molecule has 0 saturated carbocycles. The Morgan fingerprint density at radius 3 is 2.48 bits per heavy atom. The molecule has 2 aliphatic rings. The van der Waals surface area contributed by atoms with Gasteiger partial charge in [-0.3, -0.25) is 4.90 Å². The maximum atomic E-state index is 13.5. The van der Waals surface area contributed by atoms with Crippen LogP contribution in [0.25, 0.3) is 11.1 Å². The van der Waals surface area contributed by atoms with Gasteiger partial charge in [-0.2, -0.15) is 4.31 Å². The van der Waals surface area contributed by atoms with Gasteiger partial charge in [-0.15, -0.1) is 0 Å². The minimum Gasteiger partial charge on any atom is -0.297 e. The summed E-state index contributed by atoms with van der Waals surface area (Å²) in [5.74, 6) is 0. The van der Waals surface area contributed by atoms with Gasteiger partial charge in [-0.1, -0.05) is 48.5 Å². The van der Waals surface area contributed by atoms with Crippen molar-refractivity contribution < 1.29 is 8.42 Å². The molecule has 132 valence electrons. The van der Waals surface area contributed by atoms with E-state index in [9.17, 15) is 8.42 Å². The predicted octanol–water partition coefficient (Wildman–Crippen LogP) is 3.21. The lowest BCUT2D eigenvalue weighted by molar-refractivity contribution is 0.117. The molecule has 4 rings (SSSR count). The van der Waals surface area contributed by atoms with Crippen LogP contribution in [0.15, 0.2) is 59.5 Å². The summed E-state index contributed by atoms with van der Waals surface area (Å²) in [6.45, 7) is 4.56. The molecule has 2 heterocycles. The molecule has 0 unspecified atom stereocenters. The Balaban J connectivity index is 1.74. The molecule has 0 amide bonds. The summed E-state index contributed by atoms with van der Waals surface area (Å²) in [6.07, 6.45) is 2.27. The molecule has 0 aromatic heterocycles. The maximum absolute atomic E-state index is 13.5. The molecule has 2 aliphatic heterocycles. The first kappa shape index (κ1) is 16.8. The molecule has 2 aromatic carbocycles. The Morgan fingerprint density at radius 2 is 1.68 bits per heavy atom. The van der Waals surface area contributed by atoms with Crippen LogP contribution in [0, 0.1) is 0 Å². The zero-order valence-corrected chi connectivity index (χ0v) is 15.3. The highest BCUT2D eigenvalue weighted by Crippen LogP contribution is 2.33. The van der Waals surface area contributed by atoms with Crippen LogP contribution in [-0.2, 0) is 10.0 Å². The molecule has 4 nitrogen and oxygen atoms in total. The minimum atomic E-state index is -3.52. The summed E-state index contributed by atoms with van der Waals surface area (Å²) in [5, 5.41) is 0. The van der Waals surface area contributed by atoms with Crippen LogP contribution >= 0.6 is 0 Å². The smallest absolute Gasteiger partial charge is 0.244 e. The lowest BCUT2D eigenvalue weighted by Crippen LogP contribution is -2.56. The van der Waals surface area contributed by atoms with E-state index in [-0.39, 0.29) is 6.04 Å². The van der Waals surface area contributed by atoms with Gasteiger partial charge in [0.25, 0.3) is 0 Å². The molecule has 2 atom stereocenters. The van der Waals surface area contributed by atoms with E-state index < -0.39 is 10.0 Å². The van der Waals surface area contributed by atoms with Crippen LogP contribution in [0.3, 0.4) is 0 Å². The molecule has 0 radical (unpaired) electrons. The Labute approximate surface area is 150 Å². The summed E-state index contributed by atoms with van der Waals surface area (Å²) in [6, 6.07) is 17.5. The van der Waals surface area contributed by atoms with Crippen molar-refractivity contribution in [2.24, 2.45) is 0 Å². The summed E-state index contributed by atoms with van der Waals surface area (Å²) >= 11 is 0. The average molecular weight is 356 g/mol. The minimum absolute atomic E-state index is 0.00294. The lowest BCUT2D eigenvalue weighted by atomic mass is 10.1. The second kappa shape index (κ2) is 6.56. The predicted molar refractivity (Wildman–Crippen MR) is 99.8 cm³/mol. The molecular formula is C20H24N2O2S. The third-order valence-corrected chi connectivity index (χ3v) is 7.48. The average Bonchev–Trinajstić information content (AvgIpc) is 3.09. The number of hydrogen-bond acceptors (Lipinski definition) is 3. The number of benzene rings is 2. The highest BCUT2D eigenvalue weighted by Gasteiger charge is 2.40. The zero-order valence-electron chi connectivity index (χ0n) is 14.5. The molecule has 5 heteroatoms. The Hall–Kier alpha value is -1.69. The number of fused-ring (bicyclic) bond motifs is 1. The van der Waals surface area contributed by atoms with E-state index in [1.54, 1.807) is 10.4 Å². The molecule has 0 bridgehead atoms. The van der Waals surface area contributed by atoms with E-state index >= 15 is 0 Å². The molecule has 2 aromatic rings. The number of rotatable bonds is 3. The lowest BCUT2D eigenvalue weighted by Gasteiger charge is -2.41. The molecule has 25 heavy (non-hydrogen) atoms. The fraction of sp³-hybridized carbons (Fsp3) is 0.400. The fourth-order valence-corrected chi connectivity index (χ4v) is 6.05. The number of nitrogens with zero attached hydrogens (tertiary/aromatic N) is 2. The van der Waals surface area contributed by atoms with E-state index in [0.29, 0.717) is 17.5 Å². The first-order chi connectivity index (χ1) is 12.1. The third-order valence-electron chi connectivity index (χ3n) is 5.44. The highest BCUT2D eigenvalue weighted by atomic mass is 32.2. The van der Waals surface area contributed by atoms with Crippen molar-refractivity contribution in [3.63, 3.8) is 0 Å². The number of sulfonamides is 1. The summed E-state index contributed by atoms with van der Waals surface area (Å²) < 4.78 is 28.7. The summed E-state index contributed by atoms with van der Waals surface area (Å²) in [5.41, 5.74) is 1.72. The van der Waals surface area contributed by atoms with E-state index in [0.717, 1.165) is 30.6 Å². The van der Waals surface area contributed by atoms with Crippen LogP contribution < -0.4 is 0 Å². The van der Waals surface area contributed by atoms with Crippen LogP contribution in [0.1, 0.15) is 19.8 Å². The number of piperazine rings is 1. The van der Waals surface area contributed by atoms with Crippen LogP contribution in [0.5, 0.6) is 0 Å². The number of hydrogen-bond donors (Lipinski definition) is 0. The van der Waals surface area contributed by atoms with Gasteiger partial charge in [0, 0.05) is 30.7 Å². The second-order valence-corrected chi connectivity index (χ2v) is 8.94. The van der Waals surface area contributed by atoms with Gasteiger partial charge in [0.1, 0.15) is 0 Å². The van der Waals surface area contributed by atoms with Gasteiger partial charge in [0.05, 0.1) is 4.90 Å². The SMILES string of the molecule is C[C@H]1CN2CCC[C@H]2CN1S(=O)(=O)c1ccccc1-c1ccccc1. The van der Waals surface area contributed by atoms with Crippen molar-refractivity contribution in [3.8, 4) is 11.1 Å². The van der Waals surface area contributed by atoms with Crippen molar-refractivity contribution in [3.05, 3.63) is 54.6 Å². The van der Waals surface area contributed by atoms with Crippen molar-refractivity contribution in [1.29, 1.82) is 0 Å². The standard InChI is InChI=1S/C20H24N2O2S/c1-16-14-21-13-7-10-18(21)15-22(16)25(23,24)20-12-6-5-11-19(20)17-8-3-2-4-9-17/h2-6,8-9,11-12,16,18H,7,10,13-15H2,1H3/t16-,18-/m0/s1. The Kier molecular flexibility index (Phi) is 4.40. The Bertz CT molecular complexity index is 851. The summed E-state index contributed by atoms with van der Waals surface area (Å²) in [7, 11) is -3.52. The molecule has 0 aliphatic carbocycles. The first-order valence-corrected chi connectivity index (χ1v) is 10.4. The zero-order chi connectivity index (χ0) is 17.4. The van der Waals surface area contributed by atoms with Gasteiger partial charge < -0.3 is 0 Å². The third kappa shape index (κ3) is 3.01. The molecule has 2 saturated heterocycles. The molecule has 0 spiro atoms. The van der Waals surface area contributed by atoms with Gasteiger partial charge in [0.2, 0.25) is 10.0 Å². The first-order valence-electron chi connectivity index (χ1n) is 8.98. The van der Waals surface area contributed by atoms with Gasteiger partial charge >= 0.3 is 0 Å². The topological polar surface area (TPSA) is 40.6 Å². The van der Waals surface area contributed by atoms with Crippen LogP contribution in [0.4, 0.5) is 0 Å². The maximum Gasteiger partial charge on any atom is 0.244 e. The van der Waals surface area contributed by atoms with Crippen molar-refractivity contribution >= 4 is 10.0 Å². The molecule has 2 fully saturated rings. The normalized spacial score (nSPS) is 25.0. The van der Waals surface area contributed by atoms with Crippen LogP contribution in [-0.4, -0.2) is 49.3 Å². The summed E-state index contributed by atoms with van der Waals surface area (Å²) in [4.78, 5) is 2.86. The van der Waals surface area contributed by atoms with Gasteiger partial charge in [-0.25, -0.2) is 8.42 Å².